The number of fused-ring (bicyclic) bond motifs is 1. The fourth-order valence-corrected chi connectivity index (χ4v) is 4.72. The zero-order valence-electron chi connectivity index (χ0n) is 16.1. The molecule has 1 saturated heterocycles. The Bertz CT molecular complexity index is 826. The molecular formula is C23H27FN2O. The van der Waals surface area contributed by atoms with Gasteiger partial charge < -0.3 is 9.69 Å². The Morgan fingerprint density at radius 1 is 1.19 bits per heavy atom. The molecule has 0 radical (unpaired) electrons. The number of nitrogens with zero attached hydrogens (tertiary/aromatic N) is 2. The molecule has 2 heterocycles. The van der Waals surface area contributed by atoms with Crippen LogP contribution in [0.1, 0.15) is 61.8 Å². The molecule has 27 heavy (non-hydrogen) atoms. The third-order valence-electron chi connectivity index (χ3n) is 6.12. The lowest BCUT2D eigenvalue weighted by molar-refractivity contribution is -0.109. The van der Waals surface area contributed by atoms with E-state index in [1.54, 1.807) is 6.07 Å². The van der Waals surface area contributed by atoms with Gasteiger partial charge in [0.2, 0.25) is 0 Å². The van der Waals surface area contributed by atoms with Gasteiger partial charge in [0.25, 0.3) is 0 Å². The van der Waals surface area contributed by atoms with Gasteiger partial charge in [-0.2, -0.15) is 0 Å². The highest BCUT2D eigenvalue weighted by atomic mass is 19.1. The number of anilines is 1. The molecule has 0 bridgehead atoms. The smallest absolute Gasteiger partial charge is 0.165 e. The SMILES string of the molecule is CC1(C)Cc2nc(N3CCC(c4ccccc4)CC3)c(F)cc2C(C=O)C1. The summed E-state index contributed by atoms with van der Waals surface area (Å²) in [6.07, 6.45) is 4.51. The molecule has 2 aromatic rings. The molecule has 1 aliphatic carbocycles. The number of carbonyl (C=O) groups excluding carboxylic acids is 1. The number of pyridine rings is 1. The lowest BCUT2D eigenvalue weighted by Crippen LogP contribution is -2.35. The predicted octanol–water partition coefficient (Wildman–Crippen LogP) is 4.86. The number of aromatic nitrogens is 1. The Balaban J connectivity index is 1.56. The summed E-state index contributed by atoms with van der Waals surface area (Å²) < 4.78 is 14.9. The van der Waals surface area contributed by atoms with Gasteiger partial charge in [0, 0.05) is 24.7 Å². The molecule has 2 aliphatic rings. The van der Waals surface area contributed by atoms with Crippen LogP contribution < -0.4 is 4.90 Å². The molecule has 1 unspecified atom stereocenters. The Labute approximate surface area is 160 Å². The van der Waals surface area contributed by atoms with Gasteiger partial charge in [0.15, 0.2) is 11.6 Å². The lowest BCUT2D eigenvalue weighted by atomic mass is 9.71. The summed E-state index contributed by atoms with van der Waals surface area (Å²) in [5, 5.41) is 0. The van der Waals surface area contributed by atoms with Crippen LogP contribution in [0.25, 0.3) is 0 Å². The van der Waals surface area contributed by atoms with E-state index >= 15 is 0 Å². The molecule has 3 nitrogen and oxygen atoms in total. The maximum Gasteiger partial charge on any atom is 0.165 e. The molecule has 4 heteroatoms. The average Bonchev–Trinajstić information content (AvgIpc) is 2.68. The monoisotopic (exact) mass is 366 g/mol. The number of piperidine rings is 1. The van der Waals surface area contributed by atoms with Gasteiger partial charge in [0.1, 0.15) is 6.29 Å². The normalized spacial score (nSPS) is 22.3. The summed E-state index contributed by atoms with van der Waals surface area (Å²) in [5.41, 5.74) is 3.06. The molecule has 4 rings (SSSR count). The summed E-state index contributed by atoms with van der Waals surface area (Å²) in [6, 6.07) is 12.1. The summed E-state index contributed by atoms with van der Waals surface area (Å²) >= 11 is 0. The van der Waals surface area contributed by atoms with Crippen LogP contribution in [-0.2, 0) is 11.2 Å². The topological polar surface area (TPSA) is 33.2 Å². The van der Waals surface area contributed by atoms with Crippen molar-refractivity contribution in [2.75, 3.05) is 18.0 Å². The largest absolute Gasteiger partial charge is 0.354 e. The first-order valence-corrected chi connectivity index (χ1v) is 9.91. The van der Waals surface area contributed by atoms with E-state index in [1.165, 1.54) is 5.56 Å². The number of aldehydes is 1. The van der Waals surface area contributed by atoms with E-state index in [0.717, 1.165) is 56.3 Å². The number of hydrogen-bond donors (Lipinski definition) is 0. The Morgan fingerprint density at radius 3 is 2.56 bits per heavy atom. The maximum atomic E-state index is 14.9. The molecule has 1 aromatic heterocycles. The van der Waals surface area contributed by atoms with E-state index < -0.39 is 0 Å². The summed E-state index contributed by atoms with van der Waals surface area (Å²) in [6.45, 7) is 5.93. The molecule has 142 valence electrons. The van der Waals surface area contributed by atoms with Crippen LogP contribution in [-0.4, -0.2) is 24.4 Å². The van der Waals surface area contributed by atoms with Gasteiger partial charge in [-0.25, -0.2) is 9.37 Å². The van der Waals surface area contributed by atoms with Gasteiger partial charge >= 0.3 is 0 Å². The van der Waals surface area contributed by atoms with Crippen molar-refractivity contribution in [1.82, 2.24) is 4.98 Å². The molecule has 0 spiro atoms. The highest BCUT2D eigenvalue weighted by Crippen LogP contribution is 2.42. The number of benzene rings is 1. The molecule has 1 aliphatic heterocycles. The fraction of sp³-hybridized carbons (Fsp3) is 0.478. The highest BCUT2D eigenvalue weighted by Gasteiger charge is 2.35. The second-order valence-electron chi connectivity index (χ2n) is 8.79. The molecule has 0 amide bonds. The number of halogens is 1. The first-order valence-electron chi connectivity index (χ1n) is 9.91. The van der Waals surface area contributed by atoms with Crippen LogP contribution >= 0.6 is 0 Å². The molecule has 1 aromatic carbocycles. The van der Waals surface area contributed by atoms with Crippen LogP contribution in [0.15, 0.2) is 36.4 Å². The van der Waals surface area contributed by atoms with E-state index in [4.69, 9.17) is 4.98 Å². The predicted molar refractivity (Wildman–Crippen MR) is 106 cm³/mol. The van der Waals surface area contributed by atoms with Crippen LogP contribution in [0, 0.1) is 11.2 Å². The van der Waals surface area contributed by atoms with Crippen molar-refractivity contribution in [3.8, 4) is 0 Å². The van der Waals surface area contributed by atoms with Crippen LogP contribution in [0.2, 0.25) is 0 Å². The van der Waals surface area contributed by atoms with Crippen molar-refractivity contribution in [1.29, 1.82) is 0 Å². The van der Waals surface area contributed by atoms with Crippen LogP contribution in [0.5, 0.6) is 0 Å². The molecule has 1 atom stereocenters. The summed E-state index contributed by atoms with van der Waals surface area (Å²) in [7, 11) is 0. The third-order valence-corrected chi connectivity index (χ3v) is 6.12. The van der Waals surface area contributed by atoms with Crippen molar-refractivity contribution >= 4 is 12.1 Å². The van der Waals surface area contributed by atoms with Crippen molar-refractivity contribution in [2.24, 2.45) is 5.41 Å². The Hall–Kier alpha value is -2.23. The fourth-order valence-electron chi connectivity index (χ4n) is 4.72. The second kappa shape index (κ2) is 7.06. The van der Waals surface area contributed by atoms with Crippen molar-refractivity contribution in [3.63, 3.8) is 0 Å². The highest BCUT2D eigenvalue weighted by molar-refractivity contribution is 5.64. The third kappa shape index (κ3) is 3.62. The Kier molecular flexibility index (Phi) is 4.75. The van der Waals surface area contributed by atoms with Crippen LogP contribution in [0.3, 0.4) is 0 Å². The van der Waals surface area contributed by atoms with Crippen molar-refractivity contribution < 1.29 is 9.18 Å². The van der Waals surface area contributed by atoms with Crippen molar-refractivity contribution in [2.45, 2.75) is 51.4 Å². The standard InChI is InChI=1S/C23H27FN2O/c1-23(2)13-18(15-27)19-12-20(24)22(25-21(19)14-23)26-10-8-17(9-11-26)16-6-4-3-5-7-16/h3-7,12,15,17-18H,8-11,13-14H2,1-2H3. The molecule has 1 fully saturated rings. The van der Waals surface area contributed by atoms with Gasteiger partial charge in [-0.15, -0.1) is 0 Å². The van der Waals surface area contributed by atoms with E-state index in [1.807, 2.05) is 6.07 Å². The van der Waals surface area contributed by atoms with Crippen molar-refractivity contribution in [3.05, 3.63) is 59.0 Å². The zero-order chi connectivity index (χ0) is 19.0. The molecule has 0 saturated carbocycles. The second-order valence-corrected chi connectivity index (χ2v) is 8.79. The first-order chi connectivity index (χ1) is 13.0. The van der Waals surface area contributed by atoms with Gasteiger partial charge in [-0.05, 0) is 54.2 Å². The van der Waals surface area contributed by atoms with Gasteiger partial charge in [-0.1, -0.05) is 44.2 Å². The summed E-state index contributed by atoms with van der Waals surface area (Å²) in [5.74, 6) is 0.450. The first kappa shape index (κ1) is 18.1. The summed E-state index contributed by atoms with van der Waals surface area (Å²) in [4.78, 5) is 18.3. The average molecular weight is 366 g/mol. The van der Waals surface area contributed by atoms with E-state index in [9.17, 15) is 9.18 Å². The van der Waals surface area contributed by atoms with Gasteiger partial charge in [0.05, 0.1) is 0 Å². The number of carbonyl (C=O) groups is 1. The minimum absolute atomic E-state index is 0.0149. The zero-order valence-corrected chi connectivity index (χ0v) is 16.1. The molecular weight excluding hydrogens is 339 g/mol. The quantitative estimate of drug-likeness (QED) is 0.728. The van der Waals surface area contributed by atoms with E-state index in [-0.39, 0.29) is 17.2 Å². The van der Waals surface area contributed by atoms with Gasteiger partial charge in [-0.3, -0.25) is 0 Å². The Morgan fingerprint density at radius 2 is 1.89 bits per heavy atom. The minimum Gasteiger partial charge on any atom is -0.354 e. The number of rotatable bonds is 3. The minimum atomic E-state index is -0.293. The maximum absolute atomic E-state index is 14.9. The molecule has 0 N–H and O–H groups in total. The van der Waals surface area contributed by atoms with E-state index in [2.05, 4.69) is 43.0 Å². The lowest BCUT2D eigenvalue weighted by Gasteiger charge is -2.37. The van der Waals surface area contributed by atoms with E-state index in [0.29, 0.717) is 11.7 Å². The number of hydrogen-bond acceptors (Lipinski definition) is 3. The van der Waals surface area contributed by atoms with Crippen LogP contribution in [0.4, 0.5) is 10.2 Å².